The van der Waals surface area contributed by atoms with Gasteiger partial charge in [-0.2, -0.15) is 5.26 Å². The number of aliphatic hydroxyl groups excluding tert-OH is 1. The van der Waals surface area contributed by atoms with E-state index in [0.29, 0.717) is 25.9 Å². The molecule has 71 heavy (non-hydrogen) atoms. The van der Waals surface area contributed by atoms with Gasteiger partial charge in [-0.25, -0.2) is 0 Å². The van der Waals surface area contributed by atoms with Gasteiger partial charge in [-0.1, -0.05) is 148 Å². The summed E-state index contributed by atoms with van der Waals surface area (Å²) >= 11 is 0. The molecule has 2 fully saturated rings. The summed E-state index contributed by atoms with van der Waals surface area (Å²) in [6, 6.07) is 2.11. The lowest BCUT2D eigenvalue weighted by molar-refractivity contribution is -0.335. The Bertz CT molecular complexity index is 1900. The number of hydrogen-bond acceptors (Lipinski definition) is 9. The Morgan fingerprint density at radius 1 is 0.775 bits per heavy atom. The Morgan fingerprint density at radius 3 is 1.76 bits per heavy atom. The second-order valence-corrected chi connectivity index (χ2v) is 47.7. The molecule has 0 aromatic carbocycles. The fourth-order valence-electron chi connectivity index (χ4n) is 8.79. The molecule has 0 amide bonds. The van der Waals surface area contributed by atoms with E-state index in [0.717, 1.165) is 11.1 Å². The molecule has 0 bridgehead atoms. The monoisotopic (exact) mass is 1060 g/mol. The molecule has 1 spiro atoms. The van der Waals surface area contributed by atoms with E-state index in [1.54, 1.807) is 13.2 Å². The third-order valence-corrected chi connectivity index (χ3v) is 36.7. The predicted octanol–water partition coefficient (Wildman–Crippen LogP) is 16.1. The Balaban J connectivity index is 2.82. The number of allylic oxidation sites excluding steroid dienone is 7. The maximum Gasteiger partial charge on any atom is 0.192 e. The minimum absolute atomic E-state index is 0.00520. The van der Waals surface area contributed by atoms with Crippen molar-refractivity contribution in [3.8, 4) is 6.07 Å². The van der Waals surface area contributed by atoms with Gasteiger partial charge in [0.25, 0.3) is 0 Å². The molecule has 2 heterocycles. The van der Waals surface area contributed by atoms with E-state index in [1.807, 2.05) is 19.1 Å². The van der Waals surface area contributed by atoms with Crippen molar-refractivity contribution in [1.29, 1.82) is 5.26 Å². The zero-order valence-corrected chi connectivity index (χ0v) is 55.2. The number of nitrogens with zero attached hydrogens (tertiary/aromatic N) is 1. The van der Waals surface area contributed by atoms with Crippen molar-refractivity contribution < 1.29 is 37.0 Å². The molecule has 13 heteroatoms. The third-order valence-electron chi connectivity index (χ3n) is 18.6. The van der Waals surface area contributed by atoms with Crippen molar-refractivity contribution in [1.82, 2.24) is 0 Å². The zero-order valence-electron chi connectivity index (χ0n) is 51.2. The number of hydrogen-bond donors (Lipinski definition) is 1. The second-order valence-electron chi connectivity index (χ2n) is 28.6. The largest absolute Gasteiger partial charge is 0.417 e. The van der Waals surface area contributed by atoms with Gasteiger partial charge in [0.05, 0.1) is 42.7 Å². The van der Waals surface area contributed by atoms with Crippen LogP contribution >= 0.6 is 0 Å². The van der Waals surface area contributed by atoms with Crippen LogP contribution in [0.5, 0.6) is 0 Å². The number of ether oxygens (including phenoxy) is 3. The van der Waals surface area contributed by atoms with E-state index in [1.165, 1.54) is 5.57 Å². The molecule has 2 aliphatic heterocycles. The summed E-state index contributed by atoms with van der Waals surface area (Å²) in [5.41, 5.74) is 2.41. The highest BCUT2D eigenvalue weighted by Gasteiger charge is 2.67. The molecule has 0 saturated carbocycles. The maximum absolute atomic E-state index is 12.8. The van der Waals surface area contributed by atoms with Crippen LogP contribution in [0.1, 0.15) is 158 Å². The number of rotatable bonds is 21. The standard InChI is InChI=1S/C58H111NO8Si4/c1-40(33-35-59)31-30-32-41(2)42(3)37-43(4)50(67-71(28,29)56(16,17)18)45(6)47(65-69(24,25)54(10,11)12)38-48(61-21)51-52(60)57(19,20)58(64-51)39-49(66-70(26,27)55(13,14)15)44(5)46(63-58)34-36-62-68(22,23)53(7,8)9/h30-33,37,43-52,60H,34,36,38-39H2,1-29H3/b31-30+,40-33-,41-32+,42-37+/t43?,44-,45-,46-,47-,48-,49+,50+,51-,52-,58-/m1/s1. The first-order valence-electron chi connectivity index (χ1n) is 27.1. The minimum Gasteiger partial charge on any atom is -0.417 e. The summed E-state index contributed by atoms with van der Waals surface area (Å²) in [6.07, 6.45) is 8.71. The van der Waals surface area contributed by atoms with Gasteiger partial charge >= 0.3 is 0 Å². The predicted molar refractivity (Wildman–Crippen MR) is 310 cm³/mol. The summed E-state index contributed by atoms with van der Waals surface area (Å²) in [6.45, 7) is 64.0. The van der Waals surface area contributed by atoms with Gasteiger partial charge in [-0.05, 0) is 117 Å². The van der Waals surface area contributed by atoms with Gasteiger partial charge in [0.2, 0.25) is 0 Å². The summed E-state index contributed by atoms with van der Waals surface area (Å²) in [5, 5.41) is 21.9. The van der Waals surface area contributed by atoms with Crippen LogP contribution in [-0.4, -0.2) is 101 Å². The van der Waals surface area contributed by atoms with E-state index in [-0.39, 0.29) is 62.3 Å². The van der Waals surface area contributed by atoms with Gasteiger partial charge < -0.3 is 37.0 Å². The molecule has 2 aliphatic rings. The van der Waals surface area contributed by atoms with Crippen LogP contribution in [0.3, 0.4) is 0 Å². The lowest BCUT2D eigenvalue weighted by atomic mass is 9.72. The van der Waals surface area contributed by atoms with Gasteiger partial charge in [-0.3, -0.25) is 0 Å². The average Bonchev–Trinajstić information content (AvgIpc) is 3.37. The van der Waals surface area contributed by atoms with Crippen LogP contribution in [0.4, 0.5) is 0 Å². The number of nitriles is 1. The summed E-state index contributed by atoms with van der Waals surface area (Å²) in [5.74, 6) is -1.11. The molecule has 0 aliphatic carbocycles. The van der Waals surface area contributed by atoms with Crippen LogP contribution in [0.2, 0.25) is 72.5 Å². The van der Waals surface area contributed by atoms with E-state index in [9.17, 15) is 5.11 Å². The highest BCUT2D eigenvalue weighted by Crippen LogP contribution is 2.56. The van der Waals surface area contributed by atoms with E-state index < -0.39 is 62.8 Å². The van der Waals surface area contributed by atoms with E-state index in [2.05, 4.69) is 202 Å². The normalized spacial score (nSPS) is 27.2. The molecule has 0 aromatic heterocycles. The van der Waals surface area contributed by atoms with Crippen molar-refractivity contribution in [3.05, 3.63) is 47.1 Å². The second kappa shape index (κ2) is 24.1. The Labute approximate surface area is 442 Å². The highest BCUT2D eigenvalue weighted by atomic mass is 28.4. The number of aliphatic hydroxyl groups is 1. The fourth-order valence-corrected chi connectivity index (χ4v) is 14.1. The average molecular weight is 1060 g/mol. The topological polar surface area (TPSA) is 109 Å². The fraction of sp³-hybridized carbons (Fsp3) is 0.845. The van der Waals surface area contributed by atoms with Crippen LogP contribution in [-0.2, 0) is 31.9 Å². The molecule has 0 radical (unpaired) electrons. The summed E-state index contributed by atoms with van der Waals surface area (Å²) in [7, 11) is -7.24. The zero-order chi connectivity index (χ0) is 55.5. The molecule has 11 atom stereocenters. The van der Waals surface area contributed by atoms with Crippen molar-refractivity contribution >= 4 is 33.3 Å². The quantitative estimate of drug-likeness (QED) is 0.0683. The third kappa shape index (κ3) is 16.3. The van der Waals surface area contributed by atoms with Crippen LogP contribution in [0.25, 0.3) is 0 Å². The molecule has 2 saturated heterocycles. The first-order valence-corrected chi connectivity index (χ1v) is 38.7. The maximum atomic E-state index is 12.8. The molecule has 1 N–H and O–H groups in total. The van der Waals surface area contributed by atoms with Gasteiger partial charge in [0, 0.05) is 49.9 Å². The first kappa shape index (κ1) is 66.1. The highest BCUT2D eigenvalue weighted by molar-refractivity contribution is 6.75. The van der Waals surface area contributed by atoms with Crippen molar-refractivity contribution in [3.63, 3.8) is 0 Å². The Kier molecular flexibility index (Phi) is 22.5. The smallest absolute Gasteiger partial charge is 0.192 e. The van der Waals surface area contributed by atoms with Crippen LogP contribution in [0, 0.1) is 34.5 Å². The SMILES string of the molecule is CO[C@H](C[C@@H](O[Si](C)(C)C(C)(C)C)[C@@H](C)[C@@H](O[Si](C)(C)C(C)(C)C)C(C)/C=C(C)/C(C)=C/C=C/C(C)=C\C#N)[C@H]1O[C@]2(C[C@H](O[Si](C)(C)C(C)(C)C)[C@H](C)[C@@H](CCO[Si](C)(C)C(C)(C)C)O2)C(C)(C)[C@@H]1O. The lowest BCUT2D eigenvalue weighted by Crippen LogP contribution is -2.60. The number of methoxy groups -OCH3 is 1. The molecule has 0 aromatic rings. The Morgan fingerprint density at radius 2 is 1.28 bits per heavy atom. The summed E-state index contributed by atoms with van der Waals surface area (Å²) in [4.78, 5) is 0. The van der Waals surface area contributed by atoms with E-state index in [4.69, 9.17) is 37.2 Å². The van der Waals surface area contributed by atoms with Crippen LogP contribution < -0.4 is 0 Å². The van der Waals surface area contributed by atoms with Crippen molar-refractivity contribution in [2.45, 2.75) is 279 Å². The Hall–Kier alpha value is -1.00. The van der Waals surface area contributed by atoms with Crippen molar-refractivity contribution in [2.75, 3.05) is 13.7 Å². The van der Waals surface area contributed by atoms with Crippen molar-refractivity contribution in [2.24, 2.45) is 23.2 Å². The molecular formula is C58H111NO8Si4. The van der Waals surface area contributed by atoms with Gasteiger partial charge in [0.15, 0.2) is 39.1 Å². The van der Waals surface area contributed by atoms with Gasteiger partial charge in [0.1, 0.15) is 6.10 Å². The molecular weight excluding hydrogens is 951 g/mol. The lowest BCUT2D eigenvalue weighted by Gasteiger charge is -2.53. The summed E-state index contributed by atoms with van der Waals surface area (Å²) < 4.78 is 50.8. The van der Waals surface area contributed by atoms with Crippen LogP contribution in [0.15, 0.2) is 47.1 Å². The minimum atomic E-state index is -2.40. The van der Waals surface area contributed by atoms with Gasteiger partial charge in [-0.15, -0.1) is 0 Å². The molecule has 1 unspecified atom stereocenters. The first-order chi connectivity index (χ1) is 31.8. The molecule has 412 valence electrons. The molecule has 9 nitrogen and oxygen atoms in total. The molecule has 2 rings (SSSR count). The van der Waals surface area contributed by atoms with E-state index >= 15 is 0 Å².